The van der Waals surface area contributed by atoms with E-state index in [1.807, 2.05) is 6.07 Å². The summed E-state index contributed by atoms with van der Waals surface area (Å²) in [5.74, 6) is 1.16. The van der Waals surface area contributed by atoms with E-state index < -0.39 is 0 Å². The van der Waals surface area contributed by atoms with Crippen molar-refractivity contribution < 1.29 is 9.53 Å². The second kappa shape index (κ2) is 7.75. The third kappa shape index (κ3) is 3.54. The SMILES string of the molecule is COC(=O)Cc1nc(N2CCN(c3ccccc3)CC2)c2c(C)c(C)sc2n1. The quantitative estimate of drug-likeness (QED) is 0.631. The van der Waals surface area contributed by atoms with Gasteiger partial charge in [0.05, 0.1) is 12.5 Å². The van der Waals surface area contributed by atoms with Crippen LogP contribution in [0, 0.1) is 13.8 Å². The molecule has 0 spiro atoms. The standard InChI is InChI=1S/C21H24N4O2S/c1-14-15(2)28-21-19(14)20(22-17(23-21)13-18(26)27-3)25-11-9-24(10-12-25)16-7-5-4-6-8-16/h4-8H,9-13H2,1-3H3. The maximum absolute atomic E-state index is 11.8. The van der Waals surface area contributed by atoms with Crippen LogP contribution >= 0.6 is 11.3 Å². The van der Waals surface area contributed by atoms with Crippen LogP contribution in [0.25, 0.3) is 10.2 Å². The van der Waals surface area contributed by atoms with Crippen molar-refractivity contribution in [2.24, 2.45) is 0 Å². The third-order valence-corrected chi connectivity index (χ3v) is 6.39. The zero-order valence-corrected chi connectivity index (χ0v) is 17.3. The van der Waals surface area contributed by atoms with Gasteiger partial charge >= 0.3 is 5.97 Å². The van der Waals surface area contributed by atoms with E-state index in [1.54, 1.807) is 11.3 Å². The van der Waals surface area contributed by atoms with Crippen LogP contribution in [-0.2, 0) is 16.0 Å². The molecule has 1 aliphatic heterocycles. The molecule has 0 saturated carbocycles. The summed E-state index contributed by atoms with van der Waals surface area (Å²) < 4.78 is 4.81. The molecule has 0 radical (unpaired) electrons. The van der Waals surface area contributed by atoms with Crippen molar-refractivity contribution in [3.05, 3.63) is 46.6 Å². The monoisotopic (exact) mass is 396 g/mol. The smallest absolute Gasteiger partial charge is 0.313 e. The minimum absolute atomic E-state index is 0.0966. The average molecular weight is 397 g/mol. The number of anilines is 2. The van der Waals surface area contributed by atoms with Gasteiger partial charge in [0, 0.05) is 36.7 Å². The molecule has 0 N–H and O–H groups in total. The molecule has 0 aliphatic carbocycles. The summed E-state index contributed by atoms with van der Waals surface area (Å²) in [7, 11) is 1.39. The maximum Gasteiger partial charge on any atom is 0.313 e. The highest BCUT2D eigenvalue weighted by Gasteiger charge is 2.24. The van der Waals surface area contributed by atoms with E-state index in [-0.39, 0.29) is 12.4 Å². The fraction of sp³-hybridized carbons (Fsp3) is 0.381. The molecular formula is C21H24N4O2S. The Bertz CT molecular complexity index is 995. The van der Waals surface area contributed by atoms with Crippen molar-refractivity contribution in [3.63, 3.8) is 0 Å². The molecule has 0 unspecified atom stereocenters. The first kappa shape index (κ1) is 18.7. The molecule has 7 heteroatoms. The minimum Gasteiger partial charge on any atom is -0.469 e. The molecule has 6 nitrogen and oxygen atoms in total. The molecule has 0 bridgehead atoms. The summed E-state index contributed by atoms with van der Waals surface area (Å²) in [6.07, 6.45) is 0.0966. The molecular weight excluding hydrogens is 372 g/mol. The van der Waals surface area contributed by atoms with E-state index in [0.29, 0.717) is 5.82 Å². The largest absolute Gasteiger partial charge is 0.469 e. The zero-order chi connectivity index (χ0) is 19.7. The van der Waals surface area contributed by atoms with Gasteiger partial charge in [-0.3, -0.25) is 4.79 Å². The first-order valence-electron chi connectivity index (χ1n) is 9.45. The maximum atomic E-state index is 11.8. The van der Waals surface area contributed by atoms with E-state index in [9.17, 15) is 4.79 Å². The lowest BCUT2D eigenvalue weighted by Crippen LogP contribution is -2.47. The molecule has 2 aromatic heterocycles. The number of hydrogen-bond donors (Lipinski definition) is 0. The molecule has 0 atom stereocenters. The highest BCUT2D eigenvalue weighted by molar-refractivity contribution is 7.18. The number of rotatable bonds is 4. The molecule has 3 aromatic rings. The second-order valence-corrected chi connectivity index (χ2v) is 8.19. The van der Waals surface area contributed by atoms with Crippen LogP contribution in [0.2, 0.25) is 0 Å². The number of ether oxygens (including phenoxy) is 1. The summed E-state index contributed by atoms with van der Waals surface area (Å²) in [6, 6.07) is 10.5. The summed E-state index contributed by atoms with van der Waals surface area (Å²) >= 11 is 1.66. The molecule has 1 fully saturated rings. The van der Waals surface area contributed by atoms with Gasteiger partial charge in [0.1, 0.15) is 22.9 Å². The fourth-order valence-corrected chi connectivity index (χ4v) is 4.64. The van der Waals surface area contributed by atoms with Gasteiger partial charge in [0.15, 0.2) is 0 Å². The van der Waals surface area contributed by atoms with Crippen LogP contribution in [-0.4, -0.2) is 49.2 Å². The zero-order valence-electron chi connectivity index (χ0n) is 16.4. The van der Waals surface area contributed by atoms with Gasteiger partial charge in [-0.1, -0.05) is 18.2 Å². The van der Waals surface area contributed by atoms with Gasteiger partial charge < -0.3 is 14.5 Å². The Morgan fingerprint density at radius 2 is 1.75 bits per heavy atom. The second-order valence-electron chi connectivity index (χ2n) is 6.99. The van der Waals surface area contributed by atoms with E-state index in [1.165, 1.54) is 23.2 Å². The molecule has 1 aromatic carbocycles. The Kier molecular flexibility index (Phi) is 5.17. The number of thiophene rings is 1. The molecule has 1 aliphatic rings. The normalized spacial score (nSPS) is 14.5. The van der Waals surface area contributed by atoms with Gasteiger partial charge in [-0.2, -0.15) is 0 Å². The van der Waals surface area contributed by atoms with Crippen LogP contribution in [0.4, 0.5) is 11.5 Å². The van der Waals surface area contributed by atoms with Crippen LogP contribution in [0.3, 0.4) is 0 Å². The number of aryl methyl sites for hydroxylation is 2. The Labute approximate surface area is 168 Å². The number of carbonyl (C=O) groups is 1. The number of para-hydroxylation sites is 1. The van der Waals surface area contributed by atoms with Crippen molar-refractivity contribution in [1.82, 2.24) is 9.97 Å². The van der Waals surface area contributed by atoms with Crippen LogP contribution in [0.1, 0.15) is 16.3 Å². The van der Waals surface area contributed by atoms with Crippen LogP contribution < -0.4 is 9.80 Å². The molecule has 1 saturated heterocycles. The lowest BCUT2D eigenvalue weighted by Gasteiger charge is -2.37. The molecule has 4 rings (SSSR count). The molecule has 146 valence electrons. The number of esters is 1. The lowest BCUT2D eigenvalue weighted by molar-refractivity contribution is -0.139. The number of nitrogens with zero attached hydrogens (tertiary/aromatic N) is 4. The Morgan fingerprint density at radius 1 is 1.07 bits per heavy atom. The highest BCUT2D eigenvalue weighted by atomic mass is 32.1. The van der Waals surface area contributed by atoms with E-state index >= 15 is 0 Å². The van der Waals surface area contributed by atoms with Gasteiger partial charge in [0.25, 0.3) is 0 Å². The van der Waals surface area contributed by atoms with Crippen molar-refractivity contribution >= 4 is 39.0 Å². The Hall–Kier alpha value is -2.67. The predicted octanol–water partition coefficient (Wildman–Crippen LogP) is 3.35. The number of methoxy groups -OCH3 is 1. The Morgan fingerprint density at radius 3 is 2.43 bits per heavy atom. The summed E-state index contributed by atoms with van der Waals surface area (Å²) in [4.78, 5) is 28.1. The molecule has 3 heterocycles. The molecule has 28 heavy (non-hydrogen) atoms. The summed E-state index contributed by atoms with van der Waals surface area (Å²) in [5, 5.41) is 1.12. The molecule has 0 amide bonds. The number of piperazine rings is 1. The minimum atomic E-state index is -0.316. The Balaban J connectivity index is 1.64. The summed E-state index contributed by atoms with van der Waals surface area (Å²) in [6.45, 7) is 7.87. The van der Waals surface area contributed by atoms with E-state index in [0.717, 1.165) is 42.2 Å². The number of fused-ring (bicyclic) bond motifs is 1. The third-order valence-electron chi connectivity index (χ3n) is 5.29. The van der Waals surface area contributed by atoms with Gasteiger partial charge in [0.2, 0.25) is 0 Å². The number of aromatic nitrogens is 2. The number of carbonyl (C=O) groups excluding carboxylic acids is 1. The van der Waals surface area contributed by atoms with Gasteiger partial charge in [-0.25, -0.2) is 9.97 Å². The summed E-state index contributed by atoms with van der Waals surface area (Å²) in [5.41, 5.74) is 2.48. The van der Waals surface area contributed by atoms with Gasteiger partial charge in [-0.05, 0) is 31.5 Å². The lowest BCUT2D eigenvalue weighted by atomic mass is 10.1. The van der Waals surface area contributed by atoms with E-state index in [2.05, 4.69) is 52.9 Å². The van der Waals surface area contributed by atoms with E-state index in [4.69, 9.17) is 9.72 Å². The van der Waals surface area contributed by atoms with Crippen LogP contribution in [0.5, 0.6) is 0 Å². The number of benzene rings is 1. The van der Waals surface area contributed by atoms with Crippen molar-refractivity contribution in [2.75, 3.05) is 43.1 Å². The van der Waals surface area contributed by atoms with Crippen LogP contribution in [0.15, 0.2) is 30.3 Å². The average Bonchev–Trinajstić information content (AvgIpc) is 3.01. The fourth-order valence-electron chi connectivity index (χ4n) is 3.60. The highest BCUT2D eigenvalue weighted by Crippen LogP contribution is 2.35. The first-order chi connectivity index (χ1) is 13.6. The number of hydrogen-bond acceptors (Lipinski definition) is 7. The topological polar surface area (TPSA) is 58.6 Å². The van der Waals surface area contributed by atoms with Crippen molar-refractivity contribution in [1.29, 1.82) is 0 Å². The van der Waals surface area contributed by atoms with Crippen molar-refractivity contribution in [2.45, 2.75) is 20.3 Å². The first-order valence-corrected chi connectivity index (χ1v) is 10.3. The van der Waals surface area contributed by atoms with Crippen molar-refractivity contribution in [3.8, 4) is 0 Å². The van der Waals surface area contributed by atoms with Gasteiger partial charge in [-0.15, -0.1) is 11.3 Å². The predicted molar refractivity (Wildman–Crippen MR) is 113 cm³/mol.